The summed E-state index contributed by atoms with van der Waals surface area (Å²) in [6.07, 6.45) is 30.0. The first-order valence-corrected chi connectivity index (χ1v) is 15.7. The van der Waals surface area contributed by atoms with Crippen LogP contribution in [-0.4, -0.2) is 37.7 Å². The van der Waals surface area contributed by atoms with Crippen LogP contribution in [0.4, 0.5) is 0 Å². The number of nitrogens with zero attached hydrogens (tertiary/aromatic N) is 1. The maximum atomic E-state index is 11.9. The van der Waals surface area contributed by atoms with Crippen molar-refractivity contribution in [2.24, 2.45) is 0 Å². The molecule has 35 heavy (non-hydrogen) atoms. The van der Waals surface area contributed by atoms with E-state index in [9.17, 15) is 10.0 Å². The fourth-order valence-corrected chi connectivity index (χ4v) is 4.42. The molecule has 4 nitrogen and oxygen atoms in total. The van der Waals surface area contributed by atoms with Gasteiger partial charge in [-0.25, -0.2) is 0 Å². The number of nitrogens with one attached hydrogen (secondary N) is 1. The van der Waals surface area contributed by atoms with Crippen LogP contribution in [0, 0.1) is 5.21 Å². The number of quaternary nitrogens is 1. The Labute approximate surface area is 221 Å². The molecule has 1 amide bonds. The lowest BCUT2D eigenvalue weighted by Gasteiger charge is -2.33. The SMILES string of the molecule is CCCCCCCCCCCCCC(=O)NCCCCCCCCCCCC.CCC[N+](C)(C)[O-]. The van der Waals surface area contributed by atoms with Crippen molar-refractivity contribution in [2.45, 2.75) is 168 Å². The van der Waals surface area contributed by atoms with E-state index in [4.69, 9.17) is 0 Å². The number of hydrogen-bond donors (Lipinski definition) is 1. The zero-order valence-electron chi connectivity index (χ0n) is 24.9. The molecule has 0 saturated heterocycles. The third-order valence-electron chi connectivity index (χ3n) is 6.62. The third kappa shape index (κ3) is 38.1. The van der Waals surface area contributed by atoms with E-state index in [-0.39, 0.29) is 10.6 Å². The Hall–Kier alpha value is -0.610. The molecule has 0 radical (unpaired) electrons. The summed E-state index contributed by atoms with van der Waals surface area (Å²) in [5, 5.41) is 13.7. The molecule has 0 aromatic heterocycles. The second-order valence-corrected chi connectivity index (χ2v) is 11.1. The molecular weight excluding hydrogens is 432 g/mol. The molecule has 1 N–H and O–H groups in total. The van der Waals surface area contributed by atoms with Crippen molar-refractivity contribution in [1.82, 2.24) is 5.32 Å². The van der Waals surface area contributed by atoms with Crippen molar-refractivity contribution in [3.8, 4) is 0 Å². The van der Waals surface area contributed by atoms with Gasteiger partial charge in [-0.1, -0.05) is 143 Å². The zero-order valence-corrected chi connectivity index (χ0v) is 24.9. The topological polar surface area (TPSA) is 52.2 Å². The number of hydrogen-bond acceptors (Lipinski definition) is 2. The summed E-state index contributed by atoms with van der Waals surface area (Å²) in [6.45, 7) is 8.17. The van der Waals surface area contributed by atoms with Gasteiger partial charge >= 0.3 is 0 Å². The van der Waals surface area contributed by atoms with Gasteiger partial charge in [0.2, 0.25) is 5.91 Å². The second-order valence-electron chi connectivity index (χ2n) is 11.1. The van der Waals surface area contributed by atoms with Crippen molar-refractivity contribution in [3.05, 3.63) is 5.21 Å². The highest BCUT2D eigenvalue weighted by atomic mass is 16.5. The van der Waals surface area contributed by atoms with E-state index in [2.05, 4.69) is 19.2 Å². The number of carbonyl (C=O) groups is 1. The Balaban J connectivity index is 0. The van der Waals surface area contributed by atoms with E-state index >= 15 is 0 Å². The molecule has 4 heteroatoms. The molecule has 0 atom stereocenters. The molecule has 0 aromatic rings. The minimum absolute atomic E-state index is 0.156. The third-order valence-corrected chi connectivity index (χ3v) is 6.62. The van der Waals surface area contributed by atoms with Gasteiger partial charge in [-0.2, -0.15) is 0 Å². The molecule has 0 unspecified atom stereocenters. The molecule has 0 rings (SSSR count). The van der Waals surface area contributed by atoms with Crippen molar-refractivity contribution >= 4 is 5.91 Å². The maximum Gasteiger partial charge on any atom is 0.219 e. The van der Waals surface area contributed by atoms with Crippen LogP contribution in [0.3, 0.4) is 0 Å². The van der Waals surface area contributed by atoms with Crippen LogP contribution in [0.15, 0.2) is 0 Å². The first kappa shape index (κ1) is 36.5. The summed E-state index contributed by atoms with van der Waals surface area (Å²) in [4.78, 5) is 11.9. The summed E-state index contributed by atoms with van der Waals surface area (Å²) < 4.78 is -0.156. The molecule has 0 aliphatic carbocycles. The van der Waals surface area contributed by atoms with E-state index in [1.807, 2.05) is 6.92 Å². The average molecular weight is 499 g/mol. The number of amides is 1. The lowest BCUT2D eigenvalue weighted by Crippen LogP contribution is -2.32. The van der Waals surface area contributed by atoms with Crippen LogP contribution in [-0.2, 0) is 4.79 Å². The Bertz CT molecular complexity index is 379. The summed E-state index contributed by atoms with van der Waals surface area (Å²) in [6, 6.07) is 0. The van der Waals surface area contributed by atoms with Gasteiger partial charge in [-0.05, 0) is 19.3 Å². The van der Waals surface area contributed by atoms with Crippen LogP contribution in [0.25, 0.3) is 0 Å². The fourth-order valence-electron chi connectivity index (χ4n) is 4.42. The number of rotatable bonds is 25. The smallest absolute Gasteiger partial charge is 0.219 e. The highest BCUT2D eigenvalue weighted by Crippen LogP contribution is 2.12. The fraction of sp³-hybridized carbons (Fsp3) is 0.968. The highest BCUT2D eigenvalue weighted by Gasteiger charge is 2.01. The minimum Gasteiger partial charge on any atom is -0.633 e. The van der Waals surface area contributed by atoms with Crippen LogP contribution < -0.4 is 5.32 Å². The molecule has 0 spiro atoms. The lowest BCUT2D eigenvalue weighted by molar-refractivity contribution is -0.839. The van der Waals surface area contributed by atoms with Gasteiger partial charge in [0.05, 0.1) is 20.6 Å². The zero-order chi connectivity index (χ0) is 26.5. The number of hydroxylamine groups is 3. The predicted molar refractivity (Wildman–Crippen MR) is 157 cm³/mol. The van der Waals surface area contributed by atoms with Crippen molar-refractivity contribution in [1.29, 1.82) is 0 Å². The standard InChI is InChI=1S/C26H53NO.C5H13NO/c1-3-5-7-9-11-13-15-16-18-20-22-24-26(28)27-25-23-21-19-17-14-12-10-8-6-4-2;1-4-5-6(2,3)7/h3-25H2,1-2H3,(H,27,28);4-5H2,1-3H3. The van der Waals surface area contributed by atoms with E-state index in [1.165, 1.54) is 122 Å². The maximum absolute atomic E-state index is 11.9. The minimum atomic E-state index is -0.156. The summed E-state index contributed by atoms with van der Waals surface area (Å²) in [5.74, 6) is 0.270. The normalized spacial score (nSPS) is 11.3. The van der Waals surface area contributed by atoms with Gasteiger partial charge in [-0.15, -0.1) is 0 Å². The quantitative estimate of drug-likeness (QED) is 0.0773. The lowest BCUT2D eigenvalue weighted by atomic mass is 10.1. The predicted octanol–water partition coefficient (Wildman–Crippen LogP) is 9.70. The Kier molecular flexibility index (Phi) is 30.9. The van der Waals surface area contributed by atoms with E-state index < -0.39 is 0 Å². The van der Waals surface area contributed by atoms with E-state index in [0.717, 1.165) is 38.8 Å². The van der Waals surface area contributed by atoms with E-state index in [1.54, 1.807) is 14.1 Å². The molecular formula is C31H66N2O2. The number of unbranched alkanes of at least 4 members (excludes halogenated alkanes) is 19. The van der Waals surface area contributed by atoms with Crippen LogP contribution in [0.5, 0.6) is 0 Å². The molecule has 0 bridgehead atoms. The number of carbonyl (C=O) groups excluding carboxylic acids is 1. The first-order chi connectivity index (χ1) is 16.9. The van der Waals surface area contributed by atoms with Crippen molar-refractivity contribution in [3.63, 3.8) is 0 Å². The van der Waals surface area contributed by atoms with Gasteiger partial charge in [0, 0.05) is 13.0 Å². The largest absolute Gasteiger partial charge is 0.633 e. The van der Waals surface area contributed by atoms with Crippen LogP contribution >= 0.6 is 0 Å². The molecule has 0 saturated carbocycles. The Morgan fingerprint density at radius 2 is 0.886 bits per heavy atom. The van der Waals surface area contributed by atoms with E-state index in [0.29, 0.717) is 0 Å². The van der Waals surface area contributed by atoms with Crippen molar-refractivity contribution < 1.29 is 9.44 Å². The molecule has 0 aromatic carbocycles. The first-order valence-electron chi connectivity index (χ1n) is 15.7. The van der Waals surface area contributed by atoms with Gasteiger partial charge in [0.25, 0.3) is 0 Å². The average Bonchev–Trinajstić information content (AvgIpc) is 2.80. The van der Waals surface area contributed by atoms with Crippen molar-refractivity contribution in [2.75, 3.05) is 27.2 Å². The summed E-state index contributed by atoms with van der Waals surface area (Å²) >= 11 is 0. The van der Waals surface area contributed by atoms with Gasteiger partial charge < -0.3 is 15.2 Å². The monoisotopic (exact) mass is 499 g/mol. The molecule has 0 aliphatic heterocycles. The van der Waals surface area contributed by atoms with Crippen LogP contribution in [0.1, 0.15) is 168 Å². The summed E-state index contributed by atoms with van der Waals surface area (Å²) in [5.41, 5.74) is 0. The van der Waals surface area contributed by atoms with Gasteiger partial charge in [-0.3, -0.25) is 4.79 Å². The van der Waals surface area contributed by atoms with Gasteiger partial charge in [0.1, 0.15) is 0 Å². The summed E-state index contributed by atoms with van der Waals surface area (Å²) in [7, 11) is 3.31. The molecule has 212 valence electrons. The molecule has 0 heterocycles. The second kappa shape index (κ2) is 29.6. The molecule has 0 fully saturated rings. The molecule has 0 aliphatic rings. The van der Waals surface area contributed by atoms with Crippen LogP contribution in [0.2, 0.25) is 0 Å². The highest BCUT2D eigenvalue weighted by molar-refractivity contribution is 5.75. The Morgan fingerprint density at radius 1 is 0.543 bits per heavy atom. The Morgan fingerprint density at radius 3 is 1.20 bits per heavy atom. The van der Waals surface area contributed by atoms with Gasteiger partial charge in [0.15, 0.2) is 0 Å².